The monoisotopic (exact) mass is 528 g/mol. The average molecular weight is 529 g/mol. The second kappa shape index (κ2) is 12.3. The highest BCUT2D eigenvalue weighted by Crippen LogP contribution is 2.20. The van der Waals surface area contributed by atoms with E-state index < -0.39 is 22.5 Å². The maximum atomic E-state index is 13.5. The third kappa shape index (κ3) is 6.90. The van der Waals surface area contributed by atoms with Crippen LogP contribution in [0.15, 0.2) is 107 Å². The fraction of sp³-hybridized carbons (Fsp3) is 0.138. The Morgan fingerprint density at radius 3 is 2.29 bits per heavy atom. The summed E-state index contributed by atoms with van der Waals surface area (Å²) < 4.78 is 28.1. The summed E-state index contributed by atoms with van der Waals surface area (Å²) in [5.41, 5.74) is 4.71. The lowest BCUT2D eigenvalue weighted by atomic mass is 10.1. The van der Waals surface area contributed by atoms with E-state index in [0.29, 0.717) is 12.1 Å². The van der Waals surface area contributed by atoms with Gasteiger partial charge in [0.15, 0.2) is 0 Å². The lowest BCUT2D eigenvalue weighted by molar-refractivity contribution is -0.121. The molecule has 4 aromatic carbocycles. The van der Waals surface area contributed by atoms with Gasteiger partial charge in [0, 0.05) is 24.7 Å². The molecule has 0 aliphatic rings. The molecule has 4 aromatic rings. The van der Waals surface area contributed by atoms with Gasteiger partial charge in [0.25, 0.3) is 5.91 Å². The van der Waals surface area contributed by atoms with E-state index in [4.69, 9.17) is 0 Å². The fourth-order valence-corrected chi connectivity index (χ4v) is 5.37. The molecule has 9 heteroatoms. The standard InChI is InChI=1S/C29H28N4O4S/c1-22(34)31-26-14-16-27(17-15-26)38(36,37)33(19-18-23-8-3-2-4-9-23)21-29(35)32-30-20-25-12-7-11-24-10-5-6-13-28(24)25/h2-17,20H,18-19,21H2,1H3,(H,31,34)(H,32,35)/b30-20+. The van der Waals surface area contributed by atoms with Gasteiger partial charge in [-0.1, -0.05) is 72.8 Å². The molecule has 2 N–H and O–H groups in total. The van der Waals surface area contributed by atoms with Crippen molar-refractivity contribution < 1.29 is 18.0 Å². The summed E-state index contributed by atoms with van der Waals surface area (Å²) in [5, 5.41) is 8.72. The van der Waals surface area contributed by atoms with Crippen molar-refractivity contribution in [3.8, 4) is 0 Å². The third-order valence-electron chi connectivity index (χ3n) is 5.84. The number of fused-ring (bicyclic) bond motifs is 1. The molecular weight excluding hydrogens is 500 g/mol. The molecule has 4 rings (SSSR count). The third-order valence-corrected chi connectivity index (χ3v) is 7.70. The van der Waals surface area contributed by atoms with Gasteiger partial charge >= 0.3 is 0 Å². The zero-order valence-corrected chi connectivity index (χ0v) is 21.7. The summed E-state index contributed by atoms with van der Waals surface area (Å²) in [4.78, 5) is 24.1. The number of sulfonamides is 1. The Bertz CT molecular complexity index is 1550. The van der Waals surface area contributed by atoms with E-state index in [-0.39, 0.29) is 17.3 Å². The molecule has 0 bridgehead atoms. The number of nitrogens with one attached hydrogen (secondary N) is 2. The van der Waals surface area contributed by atoms with Gasteiger partial charge in [-0.2, -0.15) is 9.41 Å². The molecule has 38 heavy (non-hydrogen) atoms. The van der Waals surface area contributed by atoms with Crippen LogP contribution in [-0.4, -0.2) is 43.8 Å². The van der Waals surface area contributed by atoms with Crippen LogP contribution in [0.2, 0.25) is 0 Å². The van der Waals surface area contributed by atoms with Crippen LogP contribution in [-0.2, 0) is 26.0 Å². The average Bonchev–Trinajstić information content (AvgIpc) is 2.91. The molecule has 194 valence electrons. The van der Waals surface area contributed by atoms with E-state index in [0.717, 1.165) is 26.2 Å². The van der Waals surface area contributed by atoms with Crippen molar-refractivity contribution in [1.82, 2.24) is 9.73 Å². The Kier molecular flexibility index (Phi) is 8.62. The minimum atomic E-state index is -4.01. The number of hydrogen-bond donors (Lipinski definition) is 2. The van der Waals surface area contributed by atoms with Gasteiger partial charge in [0.05, 0.1) is 17.7 Å². The summed E-state index contributed by atoms with van der Waals surface area (Å²) in [6.45, 7) is 1.06. The quantitative estimate of drug-likeness (QED) is 0.238. The van der Waals surface area contributed by atoms with Gasteiger partial charge in [-0.05, 0) is 47.0 Å². The van der Waals surface area contributed by atoms with E-state index in [1.165, 1.54) is 31.2 Å². The predicted molar refractivity (Wildman–Crippen MR) is 149 cm³/mol. The van der Waals surface area contributed by atoms with Gasteiger partial charge in [0.1, 0.15) is 0 Å². The molecular formula is C29H28N4O4S. The highest BCUT2D eigenvalue weighted by molar-refractivity contribution is 7.89. The second-order valence-electron chi connectivity index (χ2n) is 8.64. The van der Waals surface area contributed by atoms with Gasteiger partial charge in [-0.15, -0.1) is 0 Å². The smallest absolute Gasteiger partial charge is 0.255 e. The van der Waals surface area contributed by atoms with Crippen molar-refractivity contribution in [1.29, 1.82) is 0 Å². The van der Waals surface area contributed by atoms with Crippen LogP contribution in [0.25, 0.3) is 10.8 Å². The molecule has 2 amide bonds. The zero-order valence-electron chi connectivity index (χ0n) is 20.9. The summed E-state index contributed by atoms with van der Waals surface area (Å²) >= 11 is 0. The van der Waals surface area contributed by atoms with Crippen molar-refractivity contribution in [2.45, 2.75) is 18.2 Å². The largest absolute Gasteiger partial charge is 0.326 e. The van der Waals surface area contributed by atoms with Gasteiger partial charge in [0.2, 0.25) is 15.9 Å². The maximum absolute atomic E-state index is 13.5. The van der Waals surface area contributed by atoms with Crippen LogP contribution in [0.3, 0.4) is 0 Å². The van der Waals surface area contributed by atoms with E-state index >= 15 is 0 Å². The number of nitrogens with zero attached hydrogens (tertiary/aromatic N) is 2. The first-order valence-corrected chi connectivity index (χ1v) is 13.5. The SMILES string of the molecule is CC(=O)Nc1ccc(S(=O)(=O)N(CCc2ccccc2)CC(=O)N/N=C/c2cccc3ccccc23)cc1. The van der Waals surface area contributed by atoms with Gasteiger partial charge in [-0.25, -0.2) is 13.8 Å². The zero-order chi connectivity index (χ0) is 27.0. The number of amides is 2. The first-order valence-electron chi connectivity index (χ1n) is 12.0. The normalized spacial score (nSPS) is 11.6. The number of benzene rings is 4. The Labute approximate surface area is 222 Å². The molecule has 0 saturated carbocycles. The number of anilines is 1. The molecule has 0 aliphatic heterocycles. The minimum absolute atomic E-state index is 0.0201. The minimum Gasteiger partial charge on any atom is -0.326 e. The van der Waals surface area contributed by atoms with Crippen molar-refractivity contribution in [3.05, 3.63) is 108 Å². The Balaban J connectivity index is 1.50. The number of hydrazone groups is 1. The summed E-state index contributed by atoms with van der Waals surface area (Å²) in [5.74, 6) is -0.821. The van der Waals surface area contributed by atoms with Crippen molar-refractivity contribution in [2.24, 2.45) is 5.10 Å². The molecule has 8 nitrogen and oxygen atoms in total. The van der Waals surface area contributed by atoms with Crippen LogP contribution in [0.1, 0.15) is 18.1 Å². The molecule has 0 radical (unpaired) electrons. The number of hydrogen-bond acceptors (Lipinski definition) is 5. The van der Waals surface area contributed by atoms with E-state index in [1.54, 1.807) is 6.21 Å². The lowest BCUT2D eigenvalue weighted by Gasteiger charge is -2.21. The second-order valence-corrected chi connectivity index (χ2v) is 10.6. The first-order chi connectivity index (χ1) is 18.3. The predicted octanol–water partition coefficient (Wildman–Crippen LogP) is 4.18. The number of carbonyl (C=O) groups excluding carboxylic acids is 2. The van der Waals surface area contributed by atoms with Gasteiger partial charge < -0.3 is 5.32 Å². The summed E-state index contributed by atoms with van der Waals surface area (Å²) in [6, 6.07) is 28.9. The molecule has 0 unspecified atom stereocenters. The van der Waals surface area contributed by atoms with Crippen molar-refractivity contribution >= 4 is 44.5 Å². The van der Waals surface area contributed by atoms with Crippen LogP contribution in [0.4, 0.5) is 5.69 Å². The topological polar surface area (TPSA) is 108 Å². The molecule has 0 aromatic heterocycles. The Morgan fingerprint density at radius 2 is 1.55 bits per heavy atom. The highest BCUT2D eigenvalue weighted by atomic mass is 32.2. The first kappa shape index (κ1) is 26.7. The Morgan fingerprint density at radius 1 is 0.868 bits per heavy atom. The van der Waals surface area contributed by atoms with Crippen LogP contribution < -0.4 is 10.7 Å². The summed E-state index contributed by atoms with van der Waals surface area (Å²) in [7, 11) is -4.01. The molecule has 0 heterocycles. The van der Waals surface area contributed by atoms with E-state index in [2.05, 4.69) is 15.8 Å². The number of rotatable bonds is 10. The van der Waals surface area contributed by atoms with Crippen molar-refractivity contribution in [2.75, 3.05) is 18.4 Å². The van der Waals surface area contributed by atoms with Crippen molar-refractivity contribution in [3.63, 3.8) is 0 Å². The Hall–Kier alpha value is -4.34. The van der Waals surface area contributed by atoms with Gasteiger partial charge in [-0.3, -0.25) is 9.59 Å². The summed E-state index contributed by atoms with van der Waals surface area (Å²) in [6.07, 6.45) is 1.97. The maximum Gasteiger partial charge on any atom is 0.255 e. The molecule has 0 aliphatic carbocycles. The van der Waals surface area contributed by atoms with Crippen LogP contribution in [0, 0.1) is 0 Å². The van der Waals surface area contributed by atoms with E-state index in [9.17, 15) is 18.0 Å². The molecule has 0 saturated heterocycles. The van der Waals surface area contributed by atoms with Crippen LogP contribution in [0.5, 0.6) is 0 Å². The van der Waals surface area contributed by atoms with Crippen LogP contribution >= 0.6 is 0 Å². The van der Waals surface area contributed by atoms with E-state index in [1.807, 2.05) is 72.8 Å². The molecule has 0 fully saturated rings. The number of carbonyl (C=O) groups is 2. The highest BCUT2D eigenvalue weighted by Gasteiger charge is 2.26. The fourth-order valence-electron chi connectivity index (χ4n) is 3.98. The molecule has 0 spiro atoms. The lowest BCUT2D eigenvalue weighted by Crippen LogP contribution is -2.40. The molecule has 0 atom stereocenters.